The molecule has 1 aromatic carbocycles. The molecule has 0 aliphatic heterocycles. The van der Waals surface area contributed by atoms with Crippen molar-refractivity contribution in [2.75, 3.05) is 26.8 Å². The molecular weight excluding hydrogens is 246 g/mol. The number of benzene rings is 1. The number of carbonyl (C=O) groups is 2. The molecular formula is C14H19NO4. The highest BCUT2D eigenvalue weighted by atomic mass is 16.5. The van der Waals surface area contributed by atoms with Crippen LogP contribution in [0.2, 0.25) is 0 Å². The normalized spacial score (nSPS) is 10.2. The molecule has 0 fully saturated rings. The zero-order valence-electron chi connectivity index (χ0n) is 11.0. The highest BCUT2D eigenvalue weighted by Crippen LogP contribution is 2.03. The summed E-state index contributed by atoms with van der Waals surface area (Å²) in [5.41, 5.74) is 1.08. The summed E-state index contributed by atoms with van der Waals surface area (Å²) in [6.45, 7) is 0.439. The lowest BCUT2D eigenvalue weighted by Gasteiger charge is -2.20. The molecule has 5 heteroatoms. The van der Waals surface area contributed by atoms with Gasteiger partial charge in [0.1, 0.15) is 6.54 Å². The van der Waals surface area contributed by atoms with Crippen LogP contribution < -0.4 is 0 Å². The van der Waals surface area contributed by atoms with Gasteiger partial charge in [0, 0.05) is 13.7 Å². The third kappa shape index (κ3) is 6.01. The number of hydrogen-bond donors (Lipinski definition) is 1. The topological polar surface area (TPSA) is 66.8 Å². The van der Waals surface area contributed by atoms with E-state index in [0.29, 0.717) is 19.6 Å². The number of aliphatic carboxylic acids is 1. The molecule has 5 nitrogen and oxygen atoms in total. The van der Waals surface area contributed by atoms with Crippen LogP contribution in [0.3, 0.4) is 0 Å². The van der Waals surface area contributed by atoms with Crippen LogP contribution in [0, 0.1) is 0 Å². The molecule has 1 amide bonds. The minimum absolute atomic E-state index is 0.194. The van der Waals surface area contributed by atoms with Gasteiger partial charge in [0.05, 0.1) is 13.0 Å². The van der Waals surface area contributed by atoms with Gasteiger partial charge in [-0.15, -0.1) is 0 Å². The lowest BCUT2D eigenvalue weighted by atomic mass is 10.1. The lowest BCUT2D eigenvalue weighted by Crippen LogP contribution is -2.37. The van der Waals surface area contributed by atoms with Crippen molar-refractivity contribution in [1.29, 1.82) is 0 Å². The van der Waals surface area contributed by atoms with E-state index in [-0.39, 0.29) is 18.9 Å². The Morgan fingerprint density at radius 1 is 1.26 bits per heavy atom. The molecule has 1 rings (SSSR count). The largest absolute Gasteiger partial charge is 0.480 e. The van der Waals surface area contributed by atoms with Gasteiger partial charge in [-0.1, -0.05) is 30.3 Å². The number of carboxylic acid groups (broad SMARTS) is 1. The van der Waals surface area contributed by atoms with Gasteiger partial charge in [-0.2, -0.15) is 0 Å². The molecule has 0 saturated carbocycles. The Labute approximate surface area is 112 Å². The Balaban J connectivity index is 2.54. The molecule has 0 heterocycles. The molecule has 0 aliphatic carbocycles. The Morgan fingerprint density at radius 3 is 2.53 bits per heavy atom. The molecule has 1 aromatic rings. The maximum absolute atomic E-state index is 11.8. The highest BCUT2D eigenvalue weighted by Gasteiger charge is 2.16. The van der Waals surface area contributed by atoms with Gasteiger partial charge in [0.2, 0.25) is 5.91 Å². The minimum Gasteiger partial charge on any atom is -0.480 e. The predicted molar refractivity (Wildman–Crippen MR) is 70.9 cm³/mol. The lowest BCUT2D eigenvalue weighted by molar-refractivity contribution is -0.144. The van der Waals surface area contributed by atoms with Gasteiger partial charge >= 0.3 is 5.97 Å². The molecule has 0 radical (unpaired) electrons. The maximum atomic E-state index is 11.8. The van der Waals surface area contributed by atoms with Gasteiger partial charge in [-0.3, -0.25) is 9.59 Å². The standard InChI is InChI=1S/C14H19NO4/c1-19-10-8-13(16)15(11-14(17)18)9-7-12-5-3-2-4-6-12/h2-6H,7-11H2,1H3,(H,17,18). The fourth-order valence-electron chi connectivity index (χ4n) is 1.71. The molecule has 0 atom stereocenters. The summed E-state index contributed by atoms with van der Waals surface area (Å²) >= 11 is 0. The van der Waals surface area contributed by atoms with Crippen molar-refractivity contribution in [3.8, 4) is 0 Å². The van der Waals surface area contributed by atoms with Crippen LogP contribution in [0.4, 0.5) is 0 Å². The number of methoxy groups -OCH3 is 1. The van der Waals surface area contributed by atoms with E-state index < -0.39 is 5.97 Å². The Bertz CT molecular complexity index is 405. The molecule has 0 saturated heterocycles. The second-order valence-corrected chi connectivity index (χ2v) is 4.19. The molecule has 104 valence electrons. The highest BCUT2D eigenvalue weighted by molar-refractivity contribution is 5.81. The quantitative estimate of drug-likeness (QED) is 0.766. The van der Waals surface area contributed by atoms with Gasteiger partial charge < -0.3 is 14.7 Å². The Kier molecular flexibility index (Phi) is 6.60. The molecule has 1 N–H and O–H groups in total. The molecule has 0 spiro atoms. The first kappa shape index (κ1) is 15.2. The number of rotatable bonds is 8. The predicted octanol–water partition coefficient (Wildman–Crippen LogP) is 1.18. The number of carboxylic acids is 1. The first-order chi connectivity index (χ1) is 9.13. The minimum atomic E-state index is -1.00. The average molecular weight is 265 g/mol. The van der Waals surface area contributed by atoms with E-state index in [2.05, 4.69) is 0 Å². The van der Waals surface area contributed by atoms with Crippen LogP contribution in [-0.2, 0) is 20.7 Å². The Hall–Kier alpha value is -1.88. The van der Waals surface area contributed by atoms with Gasteiger partial charge in [0.15, 0.2) is 0 Å². The smallest absolute Gasteiger partial charge is 0.323 e. The fourth-order valence-corrected chi connectivity index (χ4v) is 1.71. The summed E-state index contributed by atoms with van der Waals surface area (Å²) in [5, 5.41) is 8.83. The first-order valence-corrected chi connectivity index (χ1v) is 6.16. The third-order valence-electron chi connectivity index (χ3n) is 2.71. The molecule has 0 aromatic heterocycles. The van der Waals surface area contributed by atoms with Crippen molar-refractivity contribution >= 4 is 11.9 Å². The summed E-state index contributed by atoms with van der Waals surface area (Å²) in [4.78, 5) is 24.0. The van der Waals surface area contributed by atoms with Crippen LogP contribution in [0.15, 0.2) is 30.3 Å². The van der Waals surface area contributed by atoms with Crippen LogP contribution in [0.5, 0.6) is 0 Å². The van der Waals surface area contributed by atoms with Crippen molar-refractivity contribution in [2.45, 2.75) is 12.8 Å². The SMILES string of the molecule is COCCC(=O)N(CCc1ccccc1)CC(=O)O. The first-order valence-electron chi connectivity index (χ1n) is 6.16. The number of carbonyl (C=O) groups excluding carboxylic acids is 1. The van der Waals surface area contributed by atoms with E-state index in [1.165, 1.54) is 12.0 Å². The van der Waals surface area contributed by atoms with Gasteiger partial charge in [-0.25, -0.2) is 0 Å². The summed E-state index contributed by atoms with van der Waals surface area (Å²) in [6, 6.07) is 9.67. The van der Waals surface area contributed by atoms with E-state index in [9.17, 15) is 9.59 Å². The van der Waals surface area contributed by atoms with Crippen molar-refractivity contribution in [3.63, 3.8) is 0 Å². The van der Waals surface area contributed by atoms with Crippen molar-refractivity contribution < 1.29 is 19.4 Å². The summed E-state index contributed by atoms with van der Waals surface area (Å²) in [7, 11) is 1.51. The van der Waals surface area contributed by atoms with E-state index in [1.54, 1.807) is 0 Å². The summed E-state index contributed by atoms with van der Waals surface area (Å²) < 4.78 is 4.84. The zero-order valence-corrected chi connectivity index (χ0v) is 11.0. The second kappa shape index (κ2) is 8.26. The van der Waals surface area contributed by atoms with Crippen LogP contribution in [0.1, 0.15) is 12.0 Å². The van der Waals surface area contributed by atoms with E-state index in [0.717, 1.165) is 5.56 Å². The van der Waals surface area contributed by atoms with Crippen LogP contribution >= 0.6 is 0 Å². The average Bonchev–Trinajstić information content (AvgIpc) is 2.41. The number of nitrogens with zero attached hydrogens (tertiary/aromatic N) is 1. The molecule has 0 unspecified atom stereocenters. The second-order valence-electron chi connectivity index (χ2n) is 4.19. The number of hydrogen-bond acceptors (Lipinski definition) is 3. The zero-order chi connectivity index (χ0) is 14.1. The van der Waals surface area contributed by atoms with Crippen molar-refractivity contribution in [3.05, 3.63) is 35.9 Å². The molecule has 0 bridgehead atoms. The summed E-state index contributed by atoms with van der Waals surface area (Å²) in [6.07, 6.45) is 0.853. The van der Waals surface area contributed by atoms with E-state index >= 15 is 0 Å². The van der Waals surface area contributed by atoms with Gasteiger partial charge in [0.25, 0.3) is 0 Å². The fraction of sp³-hybridized carbons (Fsp3) is 0.429. The van der Waals surface area contributed by atoms with Gasteiger partial charge in [-0.05, 0) is 12.0 Å². The molecule has 19 heavy (non-hydrogen) atoms. The van der Waals surface area contributed by atoms with Crippen LogP contribution in [0.25, 0.3) is 0 Å². The maximum Gasteiger partial charge on any atom is 0.323 e. The van der Waals surface area contributed by atoms with Crippen molar-refractivity contribution in [2.24, 2.45) is 0 Å². The van der Waals surface area contributed by atoms with E-state index in [4.69, 9.17) is 9.84 Å². The van der Waals surface area contributed by atoms with E-state index in [1.807, 2.05) is 30.3 Å². The number of ether oxygens (including phenoxy) is 1. The third-order valence-corrected chi connectivity index (χ3v) is 2.71. The molecule has 0 aliphatic rings. The Morgan fingerprint density at radius 2 is 1.95 bits per heavy atom. The number of amides is 1. The monoisotopic (exact) mass is 265 g/mol. The van der Waals surface area contributed by atoms with Crippen LogP contribution in [-0.4, -0.2) is 48.7 Å². The van der Waals surface area contributed by atoms with Crippen molar-refractivity contribution in [1.82, 2.24) is 4.90 Å². The summed E-state index contributed by atoms with van der Waals surface area (Å²) in [5.74, 6) is -1.20.